The molecule has 6 nitrogen and oxygen atoms in total. The fraction of sp³-hybridized carbons (Fsp3) is 0.588. The van der Waals surface area contributed by atoms with Crippen LogP contribution in [0.4, 0.5) is 4.79 Å². The molecule has 24 heavy (non-hydrogen) atoms. The summed E-state index contributed by atoms with van der Waals surface area (Å²) in [5.74, 6) is 1.33. The summed E-state index contributed by atoms with van der Waals surface area (Å²) in [6.45, 7) is 2.18. The molecule has 1 atom stereocenters. The normalized spacial score (nSPS) is 27.8. The highest BCUT2D eigenvalue weighted by Crippen LogP contribution is 2.44. The first-order valence-electron chi connectivity index (χ1n) is 8.37. The molecular weight excluding hydrogens is 328 g/mol. The monoisotopic (exact) mass is 352 g/mol. The van der Waals surface area contributed by atoms with Crippen molar-refractivity contribution in [2.45, 2.75) is 18.9 Å². The largest absolute Gasteiger partial charge is 0.441 e. The van der Waals surface area contributed by atoms with Crippen molar-refractivity contribution < 1.29 is 17.9 Å². The minimum Gasteiger partial charge on any atom is -0.441 e. The van der Waals surface area contributed by atoms with Crippen LogP contribution in [0, 0.1) is 11.8 Å². The second-order valence-corrected chi connectivity index (χ2v) is 9.12. The lowest BCUT2D eigenvalue weighted by Gasteiger charge is -2.42. The first-order chi connectivity index (χ1) is 11.4. The van der Waals surface area contributed by atoms with Gasteiger partial charge in [0.05, 0.1) is 11.5 Å². The standard InChI is InChI=1S/C17H24N2O4S/c18-17(20)23-16(14-4-2-1-3-5-14)15-10-13(11-15)12-19-6-8-24(21,22)9-7-19/h1-5,13,15-16H,6-12H2,(H2,18,20). The van der Waals surface area contributed by atoms with Gasteiger partial charge in [0.1, 0.15) is 6.10 Å². The number of amides is 1. The van der Waals surface area contributed by atoms with Gasteiger partial charge in [-0.15, -0.1) is 0 Å². The van der Waals surface area contributed by atoms with Crippen molar-refractivity contribution in [2.75, 3.05) is 31.1 Å². The van der Waals surface area contributed by atoms with Crippen LogP contribution in [-0.4, -0.2) is 50.6 Å². The number of benzene rings is 1. The van der Waals surface area contributed by atoms with E-state index < -0.39 is 15.9 Å². The van der Waals surface area contributed by atoms with Crippen LogP contribution < -0.4 is 5.73 Å². The number of nitrogens with zero attached hydrogens (tertiary/aromatic N) is 1. The molecule has 1 unspecified atom stereocenters. The predicted octanol–water partition coefficient (Wildman–Crippen LogP) is 1.58. The molecule has 0 aromatic heterocycles. The zero-order valence-corrected chi connectivity index (χ0v) is 14.5. The van der Waals surface area contributed by atoms with E-state index in [0.29, 0.717) is 19.0 Å². The third-order valence-electron chi connectivity index (χ3n) is 5.02. The van der Waals surface area contributed by atoms with Crippen molar-refractivity contribution >= 4 is 15.9 Å². The van der Waals surface area contributed by atoms with E-state index >= 15 is 0 Å². The molecule has 1 amide bonds. The van der Waals surface area contributed by atoms with Gasteiger partial charge in [-0.1, -0.05) is 30.3 Å². The van der Waals surface area contributed by atoms with Crippen LogP contribution in [0.15, 0.2) is 30.3 Å². The third-order valence-corrected chi connectivity index (χ3v) is 6.63. The Morgan fingerprint density at radius 3 is 2.42 bits per heavy atom. The summed E-state index contributed by atoms with van der Waals surface area (Å²) in [4.78, 5) is 13.5. The summed E-state index contributed by atoms with van der Waals surface area (Å²) in [7, 11) is -2.83. The quantitative estimate of drug-likeness (QED) is 0.869. The Kier molecular flexibility index (Phi) is 5.10. The van der Waals surface area contributed by atoms with Gasteiger partial charge in [0, 0.05) is 25.6 Å². The van der Waals surface area contributed by atoms with Crippen molar-refractivity contribution in [1.82, 2.24) is 4.90 Å². The lowest BCUT2D eigenvalue weighted by Crippen LogP contribution is -2.45. The van der Waals surface area contributed by atoms with Gasteiger partial charge in [0.15, 0.2) is 9.84 Å². The lowest BCUT2D eigenvalue weighted by atomic mass is 9.70. The van der Waals surface area contributed by atoms with E-state index in [2.05, 4.69) is 4.90 Å². The molecule has 2 N–H and O–H groups in total. The van der Waals surface area contributed by atoms with E-state index in [-0.39, 0.29) is 23.5 Å². The fourth-order valence-electron chi connectivity index (χ4n) is 3.69. The Balaban J connectivity index is 1.53. The summed E-state index contributed by atoms with van der Waals surface area (Å²) in [5.41, 5.74) is 6.21. The highest BCUT2D eigenvalue weighted by molar-refractivity contribution is 7.91. The molecule has 1 heterocycles. The summed E-state index contributed by atoms with van der Waals surface area (Å²) in [6.07, 6.45) is 0.904. The number of hydrogen-bond donors (Lipinski definition) is 1. The Hall–Kier alpha value is -1.60. The van der Waals surface area contributed by atoms with Gasteiger partial charge < -0.3 is 15.4 Å². The number of rotatable bonds is 5. The number of hydrogen-bond acceptors (Lipinski definition) is 5. The molecule has 7 heteroatoms. The number of carbonyl (C=O) groups is 1. The first-order valence-corrected chi connectivity index (χ1v) is 10.2. The fourth-order valence-corrected chi connectivity index (χ4v) is 4.96. The van der Waals surface area contributed by atoms with E-state index in [4.69, 9.17) is 10.5 Å². The predicted molar refractivity (Wildman–Crippen MR) is 91.2 cm³/mol. The molecule has 2 aliphatic rings. The maximum Gasteiger partial charge on any atom is 0.405 e. The maximum absolute atomic E-state index is 11.5. The number of primary amides is 1. The molecule has 1 aromatic carbocycles. The van der Waals surface area contributed by atoms with Crippen LogP contribution in [-0.2, 0) is 14.6 Å². The van der Waals surface area contributed by atoms with Gasteiger partial charge in [-0.3, -0.25) is 0 Å². The Bertz CT molecular complexity index is 657. The molecule has 2 fully saturated rings. The molecule has 1 aromatic rings. The van der Waals surface area contributed by atoms with Crippen LogP contribution >= 0.6 is 0 Å². The van der Waals surface area contributed by atoms with Crippen LogP contribution in [0.5, 0.6) is 0 Å². The van der Waals surface area contributed by atoms with Crippen LogP contribution in [0.2, 0.25) is 0 Å². The smallest absolute Gasteiger partial charge is 0.405 e. The molecule has 132 valence electrons. The zero-order chi connectivity index (χ0) is 17.2. The van der Waals surface area contributed by atoms with Crippen LogP contribution in [0.3, 0.4) is 0 Å². The van der Waals surface area contributed by atoms with Crippen molar-refractivity contribution in [2.24, 2.45) is 17.6 Å². The molecule has 1 saturated heterocycles. The van der Waals surface area contributed by atoms with Gasteiger partial charge in [0.25, 0.3) is 0 Å². The zero-order valence-electron chi connectivity index (χ0n) is 13.6. The van der Waals surface area contributed by atoms with Crippen LogP contribution in [0.1, 0.15) is 24.5 Å². The molecule has 0 radical (unpaired) electrons. The molecule has 1 aliphatic carbocycles. The van der Waals surface area contributed by atoms with Crippen molar-refractivity contribution in [1.29, 1.82) is 0 Å². The van der Waals surface area contributed by atoms with Crippen molar-refractivity contribution in [3.8, 4) is 0 Å². The summed E-state index contributed by atoms with van der Waals surface area (Å²) >= 11 is 0. The minimum atomic E-state index is -2.83. The van der Waals surface area contributed by atoms with Gasteiger partial charge in [-0.25, -0.2) is 13.2 Å². The molecular formula is C17H24N2O4S. The van der Waals surface area contributed by atoms with Gasteiger partial charge >= 0.3 is 6.09 Å². The number of ether oxygens (including phenoxy) is 1. The summed E-state index contributed by atoms with van der Waals surface area (Å²) in [5, 5.41) is 0. The Morgan fingerprint density at radius 1 is 1.21 bits per heavy atom. The third kappa shape index (κ3) is 4.27. The Labute approximate surface area is 142 Å². The topological polar surface area (TPSA) is 89.7 Å². The molecule has 0 spiro atoms. The number of sulfone groups is 1. The van der Waals surface area contributed by atoms with Gasteiger partial charge in [-0.2, -0.15) is 0 Å². The lowest BCUT2D eigenvalue weighted by molar-refractivity contribution is 0.00211. The van der Waals surface area contributed by atoms with Gasteiger partial charge in [-0.05, 0) is 24.3 Å². The van der Waals surface area contributed by atoms with E-state index in [1.54, 1.807) is 0 Å². The van der Waals surface area contributed by atoms with E-state index in [9.17, 15) is 13.2 Å². The van der Waals surface area contributed by atoms with Crippen LogP contribution in [0.25, 0.3) is 0 Å². The average Bonchev–Trinajstić information content (AvgIpc) is 2.51. The van der Waals surface area contributed by atoms with E-state index in [1.165, 1.54) is 0 Å². The van der Waals surface area contributed by atoms with E-state index in [0.717, 1.165) is 24.9 Å². The second kappa shape index (κ2) is 7.11. The van der Waals surface area contributed by atoms with E-state index in [1.807, 2.05) is 30.3 Å². The highest BCUT2D eigenvalue weighted by Gasteiger charge is 2.39. The summed E-state index contributed by atoms with van der Waals surface area (Å²) < 4.78 is 28.3. The number of nitrogens with two attached hydrogens (primary N) is 1. The molecule has 0 bridgehead atoms. The summed E-state index contributed by atoms with van der Waals surface area (Å²) in [6, 6.07) is 9.69. The van der Waals surface area contributed by atoms with Crippen molar-refractivity contribution in [3.05, 3.63) is 35.9 Å². The van der Waals surface area contributed by atoms with Crippen molar-refractivity contribution in [3.63, 3.8) is 0 Å². The molecule has 1 aliphatic heterocycles. The molecule has 3 rings (SSSR count). The second-order valence-electron chi connectivity index (χ2n) is 6.82. The SMILES string of the molecule is NC(=O)OC(c1ccccc1)C1CC(CN2CCS(=O)(=O)CC2)C1. The van der Waals surface area contributed by atoms with Gasteiger partial charge in [0.2, 0.25) is 0 Å². The molecule has 1 saturated carbocycles. The average molecular weight is 352 g/mol. The maximum atomic E-state index is 11.5. The minimum absolute atomic E-state index is 0.264. The highest BCUT2D eigenvalue weighted by atomic mass is 32.2. The number of carbonyl (C=O) groups excluding carboxylic acids is 1. The first kappa shape index (κ1) is 17.2. The Morgan fingerprint density at radius 2 is 1.83 bits per heavy atom.